The summed E-state index contributed by atoms with van der Waals surface area (Å²) in [6.45, 7) is -0.349. The van der Waals surface area contributed by atoms with E-state index in [1.54, 1.807) is 6.07 Å². The Morgan fingerprint density at radius 1 is 1.17 bits per heavy atom. The normalized spacial score (nSPS) is 18.7. The summed E-state index contributed by atoms with van der Waals surface area (Å²) in [5.41, 5.74) is 0. The maximum absolute atomic E-state index is 12.5. The van der Waals surface area contributed by atoms with Gasteiger partial charge >= 0.3 is 58.4 Å². The number of likely N-dealkylation sites (N-methyl/N-ethyl adjacent to an activating group) is 1. The van der Waals surface area contributed by atoms with Crippen molar-refractivity contribution < 1.29 is 64.3 Å². The zero-order chi connectivity index (χ0) is 12.5. The van der Waals surface area contributed by atoms with Crippen molar-refractivity contribution in [3.8, 4) is 0 Å². The van der Waals surface area contributed by atoms with E-state index in [-0.39, 0.29) is 51.4 Å². The summed E-state index contributed by atoms with van der Waals surface area (Å²) in [6, 6.07) is 2.81. The summed E-state index contributed by atoms with van der Waals surface area (Å²) in [7, 11) is 2.06. The average Bonchev–Trinajstić information content (AvgIpc) is 2.69. The molecule has 0 bridgehead atoms. The zero-order valence-corrected chi connectivity index (χ0v) is 14.6. The third-order valence-corrected chi connectivity index (χ3v) is 4.15. The van der Waals surface area contributed by atoms with Crippen LogP contribution in [0.2, 0.25) is 0 Å². The molecule has 1 aliphatic heterocycles. The molecule has 0 amide bonds. The summed E-state index contributed by atoms with van der Waals surface area (Å²) in [5.74, 6) is 0. The Bertz CT molecular complexity index is 377. The summed E-state index contributed by atoms with van der Waals surface area (Å²) >= 11 is 0.882. The van der Waals surface area contributed by atoms with E-state index in [4.69, 9.17) is 0 Å². The number of rotatable bonds is 3. The molecule has 96 valence electrons. The fourth-order valence-electron chi connectivity index (χ4n) is 1.88. The van der Waals surface area contributed by atoms with Crippen LogP contribution in [0.4, 0.5) is 12.9 Å². The first-order chi connectivity index (χ1) is 7.95. The van der Waals surface area contributed by atoms with Gasteiger partial charge in [-0.3, -0.25) is 4.90 Å². The van der Waals surface area contributed by atoms with Gasteiger partial charge in [0.25, 0.3) is 0 Å². The SMILES string of the molecule is CN1CCN(Cc2ccc([B-](F)(F)F)s2)CC1.[K+]. The van der Waals surface area contributed by atoms with Crippen LogP contribution < -0.4 is 56.2 Å². The Morgan fingerprint density at radius 2 is 1.78 bits per heavy atom. The largest absolute Gasteiger partial charge is 1.00 e. The molecule has 1 fully saturated rings. The van der Waals surface area contributed by atoms with Gasteiger partial charge in [-0.2, -0.15) is 11.3 Å². The number of halogens is 3. The second-order valence-electron chi connectivity index (χ2n) is 4.46. The van der Waals surface area contributed by atoms with Gasteiger partial charge in [-0.25, -0.2) is 0 Å². The number of hydrogen-bond acceptors (Lipinski definition) is 3. The van der Waals surface area contributed by atoms with E-state index in [9.17, 15) is 12.9 Å². The van der Waals surface area contributed by atoms with Gasteiger partial charge in [-0.05, 0) is 13.1 Å². The van der Waals surface area contributed by atoms with Crippen molar-refractivity contribution in [1.29, 1.82) is 0 Å². The van der Waals surface area contributed by atoms with Crippen molar-refractivity contribution in [3.63, 3.8) is 0 Å². The number of nitrogens with zero attached hydrogens (tertiary/aromatic N) is 2. The molecule has 1 aromatic heterocycles. The van der Waals surface area contributed by atoms with Crippen molar-refractivity contribution in [3.05, 3.63) is 17.0 Å². The van der Waals surface area contributed by atoms with Gasteiger partial charge in [0.05, 0.1) is 0 Å². The van der Waals surface area contributed by atoms with Gasteiger partial charge in [0.1, 0.15) is 0 Å². The molecule has 1 saturated heterocycles. The van der Waals surface area contributed by atoms with Crippen LogP contribution in [-0.4, -0.2) is 50.0 Å². The van der Waals surface area contributed by atoms with Gasteiger partial charge in [-0.1, -0.05) is 10.8 Å². The molecule has 1 aliphatic rings. The fraction of sp³-hybridized carbons (Fsp3) is 0.600. The van der Waals surface area contributed by atoms with E-state index >= 15 is 0 Å². The van der Waals surface area contributed by atoms with Gasteiger partial charge < -0.3 is 17.8 Å². The Morgan fingerprint density at radius 3 is 2.28 bits per heavy atom. The van der Waals surface area contributed by atoms with Crippen LogP contribution in [-0.2, 0) is 6.54 Å². The zero-order valence-electron chi connectivity index (χ0n) is 10.7. The number of piperazine rings is 1. The van der Waals surface area contributed by atoms with E-state index in [2.05, 4.69) is 16.8 Å². The van der Waals surface area contributed by atoms with Crippen molar-refractivity contribution in [1.82, 2.24) is 9.80 Å². The maximum Gasteiger partial charge on any atom is 1.00 e. The maximum atomic E-state index is 12.5. The topological polar surface area (TPSA) is 6.48 Å². The predicted molar refractivity (Wildman–Crippen MR) is 65.8 cm³/mol. The average molecular weight is 302 g/mol. The number of hydrogen-bond donors (Lipinski definition) is 0. The summed E-state index contributed by atoms with van der Waals surface area (Å²) < 4.78 is 37.0. The second-order valence-corrected chi connectivity index (χ2v) is 5.66. The Kier molecular flexibility index (Phi) is 6.88. The molecular formula is C10H15BF3KN2S. The molecular weight excluding hydrogens is 287 g/mol. The minimum Gasteiger partial charge on any atom is -0.444 e. The van der Waals surface area contributed by atoms with E-state index < -0.39 is 11.8 Å². The van der Waals surface area contributed by atoms with Crippen molar-refractivity contribution in [2.75, 3.05) is 33.2 Å². The minimum absolute atomic E-state index is 0. The van der Waals surface area contributed by atoms with E-state index in [0.29, 0.717) is 6.54 Å². The van der Waals surface area contributed by atoms with Gasteiger partial charge in [0.15, 0.2) is 0 Å². The van der Waals surface area contributed by atoms with Gasteiger partial charge in [-0.15, -0.1) is 0 Å². The first kappa shape index (κ1) is 17.2. The molecule has 2 heterocycles. The standard InChI is InChI=1S/C10H15BF3N2S.K/c1-15-4-6-16(7-5-15)8-9-2-3-10(17-9)11(12,13)14;/h2-3H,4-8H2,1H3;/q-1;+1. The molecule has 2 nitrogen and oxygen atoms in total. The molecule has 1 aromatic rings. The first-order valence-corrected chi connectivity index (χ1v) is 6.46. The van der Waals surface area contributed by atoms with E-state index in [1.807, 2.05) is 0 Å². The van der Waals surface area contributed by atoms with Crippen molar-refractivity contribution in [2.45, 2.75) is 6.54 Å². The minimum atomic E-state index is -4.83. The van der Waals surface area contributed by atoms with Crippen molar-refractivity contribution in [2.24, 2.45) is 0 Å². The monoisotopic (exact) mass is 302 g/mol. The van der Waals surface area contributed by atoms with Crippen LogP contribution in [0.25, 0.3) is 0 Å². The van der Waals surface area contributed by atoms with Crippen LogP contribution in [0.1, 0.15) is 4.88 Å². The van der Waals surface area contributed by atoms with Crippen LogP contribution in [0.5, 0.6) is 0 Å². The molecule has 0 aliphatic carbocycles. The molecule has 0 atom stereocenters. The summed E-state index contributed by atoms with van der Waals surface area (Å²) in [4.78, 5) is 5.25. The predicted octanol–water partition coefficient (Wildman–Crippen LogP) is -1.45. The molecule has 2 rings (SSSR count). The molecule has 18 heavy (non-hydrogen) atoms. The fourth-order valence-corrected chi connectivity index (χ4v) is 2.84. The Hall–Kier alpha value is 1.11. The molecule has 0 spiro atoms. The van der Waals surface area contributed by atoms with Crippen LogP contribution in [0, 0.1) is 0 Å². The van der Waals surface area contributed by atoms with E-state index in [0.717, 1.165) is 42.4 Å². The van der Waals surface area contributed by atoms with E-state index in [1.165, 1.54) is 6.07 Å². The quantitative estimate of drug-likeness (QED) is 0.631. The number of thiophene rings is 1. The molecule has 0 unspecified atom stereocenters. The molecule has 0 radical (unpaired) electrons. The summed E-state index contributed by atoms with van der Waals surface area (Å²) in [6.07, 6.45) is 0. The molecule has 0 saturated carbocycles. The third-order valence-electron chi connectivity index (χ3n) is 2.98. The Balaban J connectivity index is 0.00000162. The molecule has 8 heteroatoms. The molecule has 0 aromatic carbocycles. The van der Waals surface area contributed by atoms with Crippen LogP contribution in [0.15, 0.2) is 12.1 Å². The smallest absolute Gasteiger partial charge is 0.444 e. The third kappa shape index (κ3) is 4.90. The van der Waals surface area contributed by atoms with Crippen LogP contribution in [0.3, 0.4) is 0 Å². The van der Waals surface area contributed by atoms with Crippen LogP contribution >= 0.6 is 11.3 Å². The second kappa shape index (κ2) is 7.21. The Labute approximate surface area is 152 Å². The molecule has 0 N–H and O–H groups in total. The van der Waals surface area contributed by atoms with Gasteiger partial charge in [0.2, 0.25) is 0 Å². The van der Waals surface area contributed by atoms with Crippen molar-refractivity contribution >= 4 is 23.1 Å². The first-order valence-electron chi connectivity index (χ1n) is 5.64. The summed E-state index contributed by atoms with van der Waals surface area (Å²) in [5, 5.41) is 0. The van der Waals surface area contributed by atoms with Gasteiger partial charge in [0, 0.05) is 37.6 Å².